The molecule has 0 aromatic carbocycles. The summed E-state index contributed by atoms with van der Waals surface area (Å²) in [5.74, 6) is 2.82. The van der Waals surface area contributed by atoms with Gasteiger partial charge < -0.3 is 24.8 Å². The second kappa shape index (κ2) is 10.7. The molecule has 9 heteroatoms. The second-order valence-electron chi connectivity index (χ2n) is 8.64. The van der Waals surface area contributed by atoms with Crippen molar-refractivity contribution in [2.75, 3.05) is 39.9 Å². The Labute approximate surface area is 185 Å². The number of hydrogen-bond donors (Lipinski definition) is 2. The van der Waals surface area contributed by atoms with Crippen LogP contribution in [-0.2, 0) is 16.7 Å². The normalized spacial score (nSPS) is 22.1. The quantitative estimate of drug-likeness (QED) is 0.360. The number of aliphatic imine (C=N–C) groups is 1. The summed E-state index contributed by atoms with van der Waals surface area (Å²) in [6, 6.07) is 0.447. The smallest absolute Gasteiger partial charge is 0.232 e. The molecule has 2 N–H and O–H groups in total. The van der Waals surface area contributed by atoms with Gasteiger partial charge >= 0.3 is 0 Å². The molecule has 160 valence electrons. The van der Waals surface area contributed by atoms with E-state index >= 15 is 0 Å². The van der Waals surface area contributed by atoms with E-state index < -0.39 is 0 Å². The van der Waals surface area contributed by atoms with Crippen LogP contribution in [0.4, 0.5) is 0 Å². The number of guanidine groups is 1. The van der Waals surface area contributed by atoms with Crippen molar-refractivity contribution in [1.29, 1.82) is 0 Å². The van der Waals surface area contributed by atoms with Crippen molar-refractivity contribution >= 4 is 29.9 Å². The lowest BCUT2D eigenvalue weighted by Gasteiger charge is -2.34. The molecule has 1 aromatic heterocycles. The lowest BCUT2D eigenvalue weighted by Crippen LogP contribution is -2.49. The molecular weight excluding hydrogens is 471 g/mol. The fourth-order valence-corrected chi connectivity index (χ4v) is 3.53. The number of halogens is 1. The second-order valence-corrected chi connectivity index (χ2v) is 8.64. The molecule has 8 nitrogen and oxygen atoms in total. The lowest BCUT2D eigenvalue weighted by atomic mass is 9.97. The van der Waals surface area contributed by atoms with Gasteiger partial charge in [-0.3, -0.25) is 4.99 Å². The molecule has 2 aliphatic rings. The third kappa shape index (κ3) is 6.84. The Bertz CT molecular complexity index is 616. The first-order valence-corrected chi connectivity index (χ1v) is 10.0. The Hall–Kier alpha value is -0.940. The van der Waals surface area contributed by atoms with Gasteiger partial charge in [-0.2, -0.15) is 4.98 Å². The van der Waals surface area contributed by atoms with Gasteiger partial charge in [0.05, 0.1) is 13.2 Å². The highest BCUT2D eigenvalue weighted by molar-refractivity contribution is 14.0. The van der Waals surface area contributed by atoms with E-state index in [1.165, 1.54) is 13.0 Å². The van der Waals surface area contributed by atoms with Crippen LogP contribution in [0.3, 0.4) is 0 Å². The standard InChI is InChI=1S/C19H34N6O2.HI/c1-19(2,3)17-23-16(24-27-17)11-21-18(20-4)22-15-5-8-25(9-6-15)12-14-7-10-26-13-14;/h14-15H,5-13H2,1-4H3,(H2,20,21,22);1H. The van der Waals surface area contributed by atoms with E-state index in [0.29, 0.717) is 24.3 Å². The molecule has 3 heterocycles. The zero-order chi connectivity index (χ0) is 19.3. The van der Waals surface area contributed by atoms with Crippen molar-refractivity contribution in [1.82, 2.24) is 25.7 Å². The molecule has 0 saturated carbocycles. The summed E-state index contributed by atoms with van der Waals surface area (Å²) in [5, 5.41) is 10.9. The number of likely N-dealkylation sites (tertiary alicyclic amines) is 1. The number of hydrogen-bond acceptors (Lipinski definition) is 6. The van der Waals surface area contributed by atoms with Gasteiger partial charge in [-0.15, -0.1) is 24.0 Å². The predicted molar refractivity (Wildman–Crippen MR) is 120 cm³/mol. The van der Waals surface area contributed by atoms with Crippen molar-refractivity contribution in [3.05, 3.63) is 11.7 Å². The van der Waals surface area contributed by atoms with Crippen LogP contribution >= 0.6 is 24.0 Å². The molecule has 0 radical (unpaired) electrons. The summed E-state index contributed by atoms with van der Waals surface area (Å²) in [5.41, 5.74) is -0.135. The van der Waals surface area contributed by atoms with Crippen molar-refractivity contribution in [2.45, 2.75) is 58.0 Å². The summed E-state index contributed by atoms with van der Waals surface area (Å²) < 4.78 is 10.8. The Balaban J connectivity index is 0.00000280. The van der Waals surface area contributed by atoms with Crippen LogP contribution in [0, 0.1) is 5.92 Å². The highest BCUT2D eigenvalue weighted by Gasteiger charge is 2.25. The maximum absolute atomic E-state index is 5.49. The zero-order valence-electron chi connectivity index (χ0n) is 17.5. The molecule has 1 atom stereocenters. The minimum Gasteiger partial charge on any atom is -0.381 e. The summed E-state index contributed by atoms with van der Waals surface area (Å²) >= 11 is 0. The van der Waals surface area contributed by atoms with Crippen LogP contribution in [0.2, 0.25) is 0 Å². The third-order valence-electron chi connectivity index (χ3n) is 5.22. The van der Waals surface area contributed by atoms with Crippen LogP contribution in [0.15, 0.2) is 9.52 Å². The molecule has 0 amide bonds. The molecule has 0 aliphatic carbocycles. The molecule has 28 heavy (non-hydrogen) atoms. The van der Waals surface area contributed by atoms with E-state index in [1.807, 2.05) is 0 Å². The summed E-state index contributed by atoms with van der Waals surface area (Å²) in [6.07, 6.45) is 3.47. The Morgan fingerprint density at radius 1 is 1.25 bits per heavy atom. The Morgan fingerprint density at radius 2 is 2.00 bits per heavy atom. The maximum Gasteiger partial charge on any atom is 0.232 e. The van der Waals surface area contributed by atoms with E-state index in [2.05, 4.69) is 51.4 Å². The summed E-state index contributed by atoms with van der Waals surface area (Å²) in [4.78, 5) is 11.4. The van der Waals surface area contributed by atoms with Crippen molar-refractivity contribution in [3.8, 4) is 0 Å². The largest absolute Gasteiger partial charge is 0.381 e. The highest BCUT2D eigenvalue weighted by atomic mass is 127. The van der Waals surface area contributed by atoms with Crippen molar-refractivity contribution < 1.29 is 9.26 Å². The molecule has 2 saturated heterocycles. The first kappa shape index (κ1) is 23.3. The predicted octanol–water partition coefficient (Wildman–Crippen LogP) is 2.15. The topological polar surface area (TPSA) is 87.8 Å². The van der Waals surface area contributed by atoms with Gasteiger partial charge in [-0.05, 0) is 25.2 Å². The lowest BCUT2D eigenvalue weighted by molar-refractivity contribution is 0.150. The van der Waals surface area contributed by atoms with E-state index in [-0.39, 0.29) is 29.4 Å². The average Bonchev–Trinajstić information content (AvgIpc) is 3.31. The number of nitrogens with zero attached hydrogens (tertiary/aromatic N) is 4. The van der Waals surface area contributed by atoms with Crippen LogP contribution < -0.4 is 10.6 Å². The number of rotatable bonds is 5. The maximum atomic E-state index is 5.49. The fourth-order valence-electron chi connectivity index (χ4n) is 3.53. The molecule has 3 rings (SSSR count). The molecule has 0 spiro atoms. The van der Waals surface area contributed by atoms with Crippen LogP contribution in [0.5, 0.6) is 0 Å². The fraction of sp³-hybridized carbons (Fsp3) is 0.842. The van der Waals surface area contributed by atoms with Crippen molar-refractivity contribution in [3.63, 3.8) is 0 Å². The summed E-state index contributed by atoms with van der Waals surface area (Å²) in [7, 11) is 1.79. The van der Waals surface area contributed by atoms with Gasteiger partial charge in [-0.1, -0.05) is 25.9 Å². The van der Waals surface area contributed by atoms with Gasteiger partial charge in [-0.25, -0.2) is 0 Å². The first-order valence-electron chi connectivity index (χ1n) is 10.0. The van der Waals surface area contributed by atoms with Gasteiger partial charge in [0.2, 0.25) is 5.89 Å². The van der Waals surface area contributed by atoms with Crippen LogP contribution in [0.25, 0.3) is 0 Å². The zero-order valence-corrected chi connectivity index (χ0v) is 19.9. The van der Waals surface area contributed by atoms with Gasteiger partial charge in [0.1, 0.15) is 0 Å². The molecule has 2 fully saturated rings. The van der Waals surface area contributed by atoms with Crippen molar-refractivity contribution in [2.24, 2.45) is 10.9 Å². The van der Waals surface area contributed by atoms with Gasteiger partial charge in [0.25, 0.3) is 0 Å². The minimum absolute atomic E-state index is 0. The van der Waals surface area contributed by atoms with E-state index in [4.69, 9.17) is 9.26 Å². The van der Waals surface area contributed by atoms with E-state index in [0.717, 1.165) is 51.0 Å². The van der Waals surface area contributed by atoms with E-state index in [9.17, 15) is 0 Å². The Kier molecular flexibility index (Phi) is 8.94. The SMILES string of the molecule is CN=C(NCc1noc(C(C)(C)C)n1)NC1CCN(CC2CCOC2)CC1.I. The molecule has 1 unspecified atom stereocenters. The highest BCUT2D eigenvalue weighted by Crippen LogP contribution is 2.20. The summed E-state index contributed by atoms with van der Waals surface area (Å²) in [6.45, 7) is 12.0. The number of ether oxygens (including phenoxy) is 1. The molecule has 1 aromatic rings. The average molecular weight is 506 g/mol. The monoisotopic (exact) mass is 506 g/mol. The number of aromatic nitrogens is 2. The number of nitrogens with one attached hydrogen (secondary N) is 2. The first-order chi connectivity index (χ1) is 12.9. The van der Waals surface area contributed by atoms with Gasteiger partial charge in [0.15, 0.2) is 11.8 Å². The number of piperidine rings is 1. The molecule has 0 bridgehead atoms. The van der Waals surface area contributed by atoms with E-state index in [1.54, 1.807) is 7.05 Å². The van der Waals surface area contributed by atoms with Crippen LogP contribution in [-0.4, -0.2) is 66.9 Å². The Morgan fingerprint density at radius 3 is 2.57 bits per heavy atom. The molecule has 2 aliphatic heterocycles. The minimum atomic E-state index is -0.135. The van der Waals surface area contributed by atoms with Crippen LogP contribution in [0.1, 0.15) is 51.7 Å². The third-order valence-corrected chi connectivity index (χ3v) is 5.22. The van der Waals surface area contributed by atoms with Gasteiger partial charge in [0, 0.05) is 44.7 Å². The molecular formula is C19H35IN6O2.